The summed E-state index contributed by atoms with van der Waals surface area (Å²) in [4.78, 5) is 12.2. The largest absolute Gasteiger partial charge is 0.508 e. The van der Waals surface area contributed by atoms with E-state index in [4.69, 9.17) is 14.2 Å². The SMILES string of the molecule is COc1cc2c(cc1OC)C(c1cc(O)ccc1OC)CC(=O)N2. The zero-order valence-electron chi connectivity index (χ0n) is 13.8. The van der Waals surface area contributed by atoms with E-state index in [1.165, 1.54) is 0 Å². The number of carbonyl (C=O) groups excluding carboxylic acids is 1. The number of anilines is 1. The average Bonchev–Trinajstić information content (AvgIpc) is 2.59. The first-order valence-electron chi connectivity index (χ1n) is 7.50. The number of benzene rings is 2. The summed E-state index contributed by atoms with van der Waals surface area (Å²) < 4.78 is 16.1. The van der Waals surface area contributed by atoms with Gasteiger partial charge >= 0.3 is 0 Å². The van der Waals surface area contributed by atoms with Crippen LogP contribution in [-0.4, -0.2) is 32.3 Å². The van der Waals surface area contributed by atoms with Crippen LogP contribution in [0.3, 0.4) is 0 Å². The molecule has 1 amide bonds. The maximum atomic E-state index is 12.2. The summed E-state index contributed by atoms with van der Waals surface area (Å²) in [7, 11) is 4.68. The second-order valence-electron chi connectivity index (χ2n) is 5.53. The minimum absolute atomic E-state index is 0.106. The van der Waals surface area contributed by atoms with Crippen LogP contribution in [0, 0.1) is 0 Å². The summed E-state index contributed by atoms with van der Waals surface area (Å²) in [5.74, 6) is 1.50. The van der Waals surface area contributed by atoms with Crippen molar-refractivity contribution in [2.24, 2.45) is 0 Å². The zero-order chi connectivity index (χ0) is 17.3. The van der Waals surface area contributed by atoms with Crippen LogP contribution in [0.25, 0.3) is 0 Å². The fourth-order valence-electron chi connectivity index (χ4n) is 3.06. The number of methoxy groups -OCH3 is 3. The van der Waals surface area contributed by atoms with Crippen molar-refractivity contribution >= 4 is 11.6 Å². The average molecular weight is 329 g/mol. The highest BCUT2D eigenvalue weighted by Crippen LogP contribution is 2.45. The van der Waals surface area contributed by atoms with Gasteiger partial charge in [-0.2, -0.15) is 0 Å². The number of hydrogen-bond acceptors (Lipinski definition) is 5. The van der Waals surface area contributed by atoms with Crippen molar-refractivity contribution in [2.45, 2.75) is 12.3 Å². The normalized spacial score (nSPS) is 16.1. The lowest BCUT2D eigenvalue weighted by Gasteiger charge is -2.28. The number of nitrogens with one attached hydrogen (secondary N) is 1. The van der Waals surface area contributed by atoms with Crippen LogP contribution in [0.1, 0.15) is 23.5 Å². The maximum Gasteiger partial charge on any atom is 0.225 e. The summed E-state index contributed by atoms with van der Waals surface area (Å²) in [6.07, 6.45) is 0.252. The Morgan fingerprint density at radius 2 is 1.62 bits per heavy atom. The van der Waals surface area contributed by atoms with E-state index in [2.05, 4.69) is 5.32 Å². The molecule has 0 radical (unpaired) electrons. The highest BCUT2D eigenvalue weighted by atomic mass is 16.5. The maximum absolute atomic E-state index is 12.2. The van der Waals surface area contributed by atoms with Gasteiger partial charge < -0.3 is 24.6 Å². The van der Waals surface area contributed by atoms with Crippen LogP contribution in [-0.2, 0) is 4.79 Å². The van der Waals surface area contributed by atoms with E-state index in [-0.39, 0.29) is 24.0 Å². The Labute approximate surface area is 140 Å². The van der Waals surface area contributed by atoms with Gasteiger partial charge in [-0.1, -0.05) is 0 Å². The van der Waals surface area contributed by atoms with Gasteiger partial charge in [-0.3, -0.25) is 4.79 Å². The van der Waals surface area contributed by atoms with E-state index in [0.29, 0.717) is 22.9 Å². The molecule has 3 rings (SSSR count). The topological polar surface area (TPSA) is 77.0 Å². The number of rotatable bonds is 4. The van der Waals surface area contributed by atoms with Crippen molar-refractivity contribution in [1.82, 2.24) is 0 Å². The Morgan fingerprint density at radius 3 is 2.29 bits per heavy atom. The van der Waals surface area contributed by atoms with E-state index in [1.807, 2.05) is 6.07 Å². The predicted octanol–water partition coefficient (Wildman–Crippen LogP) is 2.89. The van der Waals surface area contributed by atoms with Gasteiger partial charge in [0.1, 0.15) is 11.5 Å². The molecule has 2 aromatic carbocycles. The van der Waals surface area contributed by atoms with Gasteiger partial charge in [-0.25, -0.2) is 0 Å². The molecule has 6 nitrogen and oxygen atoms in total. The monoisotopic (exact) mass is 329 g/mol. The quantitative estimate of drug-likeness (QED) is 0.902. The molecule has 1 aliphatic rings. The molecule has 0 aliphatic carbocycles. The molecule has 0 bridgehead atoms. The van der Waals surface area contributed by atoms with Crippen LogP contribution in [0.2, 0.25) is 0 Å². The fraction of sp³-hybridized carbons (Fsp3) is 0.278. The van der Waals surface area contributed by atoms with E-state index in [9.17, 15) is 9.90 Å². The number of hydrogen-bond donors (Lipinski definition) is 2. The van der Waals surface area contributed by atoms with Crippen LogP contribution in [0.4, 0.5) is 5.69 Å². The Kier molecular flexibility index (Phi) is 4.20. The fourth-order valence-corrected chi connectivity index (χ4v) is 3.06. The summed E-state index contributed by atoms with van der Waals surface area (Å²) in [5.41, 5.74) is 2.30. The third kappa shape index (κ3) is 2.71. The third-order valence-electron chi connectivity index (χ3n) is 4.18. The molecule has 2 aromatic rings. The van der Waals surface area contributed by atoms with Crippen molar-refractivity contribution in [3.8, 4) is 23.0 Å². The number of phenols is 1. The van der Waals surface area contributed by atoms with Gasteiger partial charge in [0.2, 0.25) is 5.91 Å². The van der Waals surface area contributed by atoms with Crippen LogP contribution >= 0.6 is 0 Å². The lowest BCUT2D eigenvalue weighted by Crippen LogP contribution is -2.24. The zero-order valence-corrected chi connectivity index (χ0v) is 13.8. The molecule has 2 N–H and O–H groups in total. The first-order chi connectivity index (χ1) is 11.6. The van der Waals surface area contributed by atoms with E-state index < -0.39 is 0 Å². The molecule has 6 heteroatoms. The van der Waals surface area contributed by atoms with Gasteiger partial charge in [0, 0.05) is 29.7 Å². The number of phenolic OH excluding ortho intramolecular Hbond substituents is 1. The van der Waals surface area contributed by atoms with E-state index in [0.717, 1.165) is 11.1 Å². The highest BCUT2D eigenvalue weighted by Gasteiger charge is 2.30. The predicted molar refractivity (Wildman–Crippen MR) is 89.3 cm³/mol. The molecular formula is C18H19NO5. The molecule has 0 spiro atoms. The summed E-state index contributed by atoms with van der Waals surface area (Å²) >= 11 is 0. The lowest BCUT2D eigenvalue weighted by atomic mass is 9.84. The number of amides is 1. The molecule has 24 heavy (non-hydrogen) atoms. The molecule has 0 saturated heterocycles. The Hall–Kier alpha value is -2.89. The first kappa shape index (κ1) is 16.0. The smallest absolute Gasteiger partial charge is 0.225 e. The van der Waals surface area contributed by atoms with Crippen LogP contribution < -0.4 is 19.5 Å². The van der Waals surface area contributed by atoms with Gasteiger partial charge in [0.15, 0.2) is 11.5 Å². The standard InChI is InChI=1S/C18H19NO5/c1-22-15-5-4-10(20)6-13(15)11-8-18(21)19-14-9-17(24-3)16(23-2)7-12(11)14/h4-7,9,11,20H,8H2,1-3H3,(H,19,21). The lowest BCUT2D eigenvalue weighted by molar-refractivity contribution is -0.116. The van der Waals surface area contributed by atoms with Gasteiger partial charge in [-0.05, 0) is 29.8 Å². The number of ether oxygens (including phenoxy) is 3. The van der Waals surface area contributed by atoms with Crippen molar-refractivity contribution in [1.29, 1.82) is 0 Å². The molecule has 1 atom stereocenters. The Balaban J connectivity index is 2.18. The van der Waals surface area contributed by atoms with Crippen LogP contribution in [0.5, 0.6) is 23.0 Å². The molecular weight excluding hydrogens is 310 g/mol. The van der Waals surface area contributed by atoms with Gasteiger partial charge in [0.25, 0.3) is 0 Å². The first-order valence-corrected chi connectivity index (χ1v) is 7.50. The minimum Gasteiger partial charge on any atom is -0.508 e. The molecule has 1 aliphatic heterocycles. The number of carbonyl (C=O) groups is 1. The highest BCUT2D eigenvalue weighted by molar-refractivity contribution is 5.96. The molecule has 0 saturated carbocycles. The summed E-state index contributed by atoms with van der Waals surface area (Å²) in [5, 5.41) is 12.7. The van der Waals surface area contributed by atoms with Crippen LogP contribution in [0.15, 0.2) is 30.3 Å². The Bertz CT molecular complexity index is 787. The van der Waals surface area contributed by atoms with Crippen molar-refractivity contribution in [3.63, 3.8) is 0 Å². The molecule has 0 aromatic heterocycles. The minimum atomic E-state index is -0.254. The third-order valence-corrected chi connectivity index (χ3v) is 4.18. The van der Waals surface area contributed by atoms with Crippen molar-refractivity contribution in [3.05, 3.63) is 41.5 Å². The number of fused-ring (bicyclic) bond motifs is 1. The molecule has 0 fully saturated rings. The second-order valence-corrected chi connectivity index (χ2v) is 5.53. The summed E-state index contributed by atoms with van der Waals surface area (Å²) in [6, 6.07) is 8.47. The summed E-state index contributed by atoms with van der Waals surface area (Å²) in [6.45, 7) is 0. The van der Waals surface area contributed by atoms with Crippen molar-refractivity contribution in [2.75, 3.05) is 26.6 Å². The van der Waals surface area contributed by atoms with E-state index in [1.54, 1.807) is 45.6 Å². The second kappa shape index (κ2) is 6.31. The molecule has 1 heterocycles. The Morgan fingerprint density at radius 1 is 0.958 bits per heavy atom. The molecule has 126 valence electrons. The molecule has 1 unspecified atom stereocenters. The van der Waals surface area contributed by atoms with Crippen molar-refractivity contribution < 1.29 is 24.1 Å². The van der Waals surface area contributed by atoms with Gasteiger partial charge in [-0.15, -0.1) is 0 Å². The van der Waals surface area contributed by atoms with E-state index >= 15 is 0 Å². The number of aromatic hydroxyl groups is 1. The van der Waals surface area contributed by atoms with Gasteiger partial charge in [0.05, 0.1) is 21.3 Å².